The Labute approximate surface area is 167 Å². The Kier molecular flexibility index (Phi) is 6.32. The van der Waals surface area contributed by atoms with Crippen LogP contribution in [0.3, 0.4) is 0 Å². The van der Waals surface area contributed by atoms with Crippen LogP contribution in [0, 0.1) is 0 Å². The second-order valence-corrected chi connectivity index (χ2v) is 7.74. The van der Waals surface area contributed by atoms with Gasteiger partial charge in [-0.1, -0.05) is 17.2 Å². The Morgan fingerprint density at radius 2 is 2.03 bits per heavy atom. The quantitative estimate of drug-likeness (QED) is 0.394. The molecule has 2 aromatic carbocycles. The SMILES string of the molecule is COc1cc(S(N)(=O)=O)ccc1OCCC(N=[N+]=[N-])C1COc2ccccc2O1. The van der Waals surface area contributed by atoms with Gasteiger partial charge < -0.3 is 18.9 Å². The maximum Gasteiger partial charge on any atom is 0.238 e. The third-order valence-corrected chi connectivity index (χ3v) is 5.21. The first-order valence-corrected chi connectivity index (χ1v) is 10.2. The molecule has 10 nitrogen and oxygen atoms in total. The number of hydrogen-bond acceptors (Lipinski definition) is 7. The molecule has 2 aromatic rings. The molecule has 2 N–H and O–H groups in total. The summed E-state index contributed by atoms with van der Waals surface area (Å²) in [5.41, 5.74) is 8.90. The van der Waals surface area contributed by atoms with E-state index in [1.807, 2.05) is 12.1 Å². The van der Waals surface area contributed by atoms with Crippen LogP contribution in [0.25, 0.3) is 10.4 Å². The topological polar surface area (TPSA) is 146 Å². The van der Waals surface area contributed by atoms with Gasteiger partial charge >= 0.3 is 0 Å². The molecule has 2 unspecified atom stereocenters. The highest BCUT2D eigenvalue weighted by Crippen LogP contribution is 2.33. The third-order valence-electron chi connectivity index (χ3n) is 4.29. The Morgan fingerprint density at radius 1 is 1.28 bits per heavy atom. The van der Waals surface area contributed by atoms with Crippen LogP contribution >= 0.6 is 0 Å². The van der Waals surface area contributed by atoms with Crippen LogP contribution < -0.4 is 24.1 Å². The van der Waals surface area contributed by atoms with E-state index in [1.165, 1.54) is 25.3 Å². The summed E-state index contributed by atoms with van der Waals surface area (Å²) in [6.07, 6.45) is -0.114. The summed E-state index contributed by atoms with van der Waals surface area (Å²) in [4.78, 5) is 2.81. The molecular weight excluding hydrogens is 400 g/mol. The lowest BCUT2D eigenvalue weighted by Gasteiger charge is -2.30. The number of nitrogens with two attached hydrogens (primary N) is 1. The molecule has 0 saturated heterocycles. The number of benzene rings is 2. The molecule has 154 valence electrons. The standard InChI is InChI=1S/C18H20N4O6S/c1-25-17-10-12(29(20,23)24)6-7-15(17)26-9-8-13(21-22-19)18-11-27-14-4-2-3-5-16(14)28-18/h2-7,10,13,18H,8-9,11H2,1H3,(H2,20,23,24). The number of hydrogen-bond donors (Lipinski definition) is 1. The van der Waals surface area contributed by atoms with E-state index in [0.29, 0.717) is 23.7 Å². The molecule has 0 fully saturated rings. The van der Waals surface area contributed by atoms with Gasteiger partial charge in [-0.25, -0.2) is 13.6 Å². The van der Waals surface area contributed by atoms with Crippen molar-refractivity contribution >= 4 is 10.0 Å². The first kappa shape index (κ1) is 20.6. The average Bonchev–Trinajstić information content (AvgIpc) is 2.72. The molecule has 1 heterocycles. The molecule has 3 rings (SSSR count). The lowest BCUT2D eigenvalue weighted by Crippen LogP contribution is -2.39. The van der Waals surface area contributed by atoms with Gasteiger partial charge in [-0.05, 0) is 36.2 Å². The zero-order valence-electron chi connectivity index (χ0n) is 15.6. The molecule has 0 radical (unpaired) electrons. The molecule has 0 saturated carbocycles. The average molecular weight is 420 g/mol. The number of para-hydroxylation sites is 2. The second kappa shape index (κ2) is 8.91. The van der Waals surface area contributed by atoms with Crippen LogP contribution in [-0.2, 0) is 10.0 Å². The first-order valence-electron chi connectivity index (χ1n) is 8.68. The number of nitrogens with zero attached hydrogens (tertiary/aromatic N) is 3. The van der Waals surface area contributed by atoms with Crippen molar-refractivity contribution in [3.63, 3.8) is 0 Å². The fourth-order valence-corrected chi connectivity index (χ4v) is 3.37. The lowest BCUT2D eigenvalue weighted by molar-refractivity contribution is 0.0661. The summed E-state index contributed by atoms with van der Waals surface area (Å²) < 4.78 is 45.3. The zero-order valence-corrected chi connectivity index (χ0v) is 16.4. The largest absolute Gasteiger partial charge is 0.493 e. The molecule has 0 aliphatic carbocycles. The number of primary sulfonamides is 1. The van der Waals surface area contributed by atoms with E-state index in [-0.39, 0.29) is 23.9 Å². The Balaban J connectivity index is 1.65. The van der Waals surface area contributed by atoms with Crippen molar-refractivity contribution < 1.29 is 27.4 Å². The van der Waals surface area contributed by atoms with Crippen molar-refractivity contribution in [2.75, 3.05) is 20.3 Å². The first-order chi connectivity index (χ1) is 13.9. The number of azide groups is 1. The molecule has 29 heavy (non-hydrogen) atoms. The van der Waals surface area contributed by atoms with Gasteiger partial charge in [0.25, 0.3) is 0 Å². The maximum absolute atomic E-state index is 11.5. The van der Waals surface area contributed by atoms with Crippen LogP contribution in [0.5, 0.6) is 23.0 Å². The molecule has 0 bridgehead atoms. The summed E-state index contributed by atoms with van der Waals surface area (Å²) in [6.45, 7) is 0.420. The van der Waals surface area contributed by atoms with Gasteiger partial charge in [0.05, 0.1) is 24.7 Å². The Hall–Kier alpha value is -3.14. The highest BCUT2D eigenvalue weighted by atomic mass is 32.2. The Bertz CT molecular complexity index is 1020. The second-order valence-electron chi connectivity index (χ2n) is 6.18. The predicted molar refractivity (Wildman–Crippen MR) is 104 cm³/mol. The van der Waals surface area contributed by atoms with Gasteiger partial charge in [0, 0.05) is 11.0 Å². The third kappa shape index (κ3) is 5.02. The normalized spacial score (nSPS) is 16.4. The van der Waals surface area contributed by atoms with E-state index in [1.54, 1.807) is 12.1 Å². The fraction of sp³-hybridized carbons (Fsp3) is 0.333. The summed E-state index contributed by atoms with van der Waals surface area (Å²) in [7, 11) is -2.46. The van der Waals surface area contributed by atoms with Crippen molar-refractivity contribution in [3.05, 3.63) is 52.9 Å². The maximum atomic E-state index is 11.5. The highest BCUT2D eigenvalue weighted by molar-refractivity contribution is 7.89. The van der Waals surface area contributed by atoms with Crippen LogP contribution in [0.1, 0.15) is 6.42 Å². The molecule has 11 heteroatoms. The summed E-state index contributed by atoms with van der Waals surface area (Å²) in [5, 5.41) is 8.93. The monoisotopic (exact) mass is 420 g/mol. The van der Waals surface area contributed by atoms with Crippen LogP contribution in [-0.4, -0.2) is 40.9 Å². The van der Waals surface area contributed by atoms with Gasteiger partial charge in [0.1, 0.15) is 12.7 Å². The molecular formula is C18H20N4O6S. The molecule has 2 atom stereocenters. The van der Waals surface area contributed by atoms with Gasteiger partial charge in [0.15, 0.2) is 23.0 Å². The van der Waals surface area contributed by atoms with Crippen molar-refractivity contribution in [2.24, 2.45) is 10.3 Å². The van der Waals surface area contributed by atoms with Gasteiger partial charge in [-0.2, -0.15) is 0 Å². The number of ether oxygens (including phenoxy) is 4. The van der Waals surface area contributed by atoms with Gasteiger partial charge in [-0.3, -0.25) is 0 Å². The minimum Gasteiger partial charge on any atom is -0.493 e. The minimum atomic E-state index is -3.85. The molecule has 0 spiro atoms. The Morgan fingerprint density at radius 3 is 2.72 bits per heavy atom. The van der Waals surface area contributed by atoms with Crippen LogP contribution in [0.15, 0.2) is 52.5 Å². The lowest BCUT2D eigenvalue weighted by atomic mass is 10.1. The summed E-state index contributed by atoms with van der Waals surface area (Å²) in [5.74, 6) is 1.79. The smallest absolute Gasteiger partial charge is 0.238 e. The van der Waals surface area contributed by atoms with Crippen LogP contribution in [0.4, 0.5) is 0 Å². The highest BCUT2D eigenvalue weighted by Gasteiger charge is 2.28. The van der Waals surface area contributed by atoms with Crippen molar-refractivity contribution in [3.8, 4) is 23.0 Å². The van der Waals surface area contributed by atoms with E-state index in [2.05, 4.69) is 10.0 Å². The van der Waals surface area contributed by atoms with E-state index in [9.17, 15) is 8.42 Å². The van der Waals surface area contributed by atoms with E-state index >= 15 is 0 Å². The zero-order chi connectivity index (χ0) is 20.9. The molecule has 0 aromatic heterocycles. The summed E-state index contributed by atoms with van der Waals surface area (Å²) >= 11 is 0. The summed E-state index contributed by atoms with van der Waals surface area (Å²) in [6, 6.07) is 10.8. The molecule has 1 aliphatic rings. The van der Waals surface area contributed by atoms with E-state index < -0.39 is 22.2 Å². The van der Waals surface area contributed by atoms with Crippen molar-refractivity contribution in [1.82, 2.24) is 0 Å². The van der Waals surface area contributed by atoms with Gasteiger partial charge in [0.2, 0.25) is 10.0 Å². The number of methoxy groups -OCH3 is 1. The number of fused-ring (bicyclic) bond motifs is 1. The molecule has 0 amide bonds. The van der Waals surface area contributed by atoms with Gasteiger partial charge in [-0.15, -0.1) is 0 Å². The fourth-order valence-electron chi connectivity index (χ4n) is 2.84. The van der Waals surface area contributed by atoms with Crippen molar-refractivity contribution in [2.45, 2.75) is 23.5 Å². The van der Waals surface area contributed by atoms with E-state index in [4.69, 9.17) is 29.6 Å². The minimum absolute atomic E-state index is 0.0833. The number of sulfonamides is 1. The van der Waals surface area contributed by atoms with Crippen molar-refractivity contribution in [1.29, 1.82) is 0 Å². The van der Waals surface area contributed by atoms with E-state index in [0.717, 1.165) is 0 Å². The van der Waals surface area contributed by atoms with Crippen LogP contribution in [0.2, 0.25) is 0 Å². The predicted octanol–water partition coefficient (Wildman–Crippen LogP) is 2.63. The number of rotatable bonds is 8. The molecule has 1 aliphatic heterocycles.